The Labute approximate surface area is 184 Å². The van der Waals surface area contributed by atoms with Crippen molar-refractivity contribution < 1.29 is 9.47 Å². The van der Waals surface area contributed by atoms with Crippen molar-refractivity contribution in [2.75, 3.05) is 14.2 Å². The summed E-state index contributed by atoms with van der Waals surface area (Å²) in [7, 11) is 3.43. The summed E-state index contributed by atoms with van der Waals surface area (Å²) in [5, 5.41) is 0. The van der Waals surface area contributed by atoms with Gasteiger partial charge in [-0.15, -0.1) is 0 Å². The van der Waals surface area contributed by atoms with E-state index in [9.17, 15) is 0 Å². The minimum Gasteiger partial charge on any atom is -0.497 e. The molecule has 154 valence electrons. The third-order valence-electron chi connectivity index (χ3n) is 6.67. The molecule has 0 N–H and O–H groups in total. The summed E-state index contributed by atoms with van der Waals surface area (Å²) in [5.74, 6) is 2.08. The fraction of sp³-hybridized carbons (Fsp3) is 0.172. The summed E-state index contributed by atoms with van der Waals surface area (Å²) in [6.45, 7) is 0. The van der Waals surface area contributed by atoms with Crippen molar-refractivity contribution in [3.8, 4) is 11.5 Å². The quantitative estimate of drug-likeness (QED) is 0.373. The molecule has 0 radical (unpaired) electrons. The van der Waals surface area contributed by atoms with Gasteiger partial charge in [-0.2, -0.15) is 0 Å². The molecular weight excluding hydrogens is 380 g/mol. The van der Waals surface area contributed by atoms with E-state index in [-0.39, 0.29) is 5.41 Å². The Bertz CT molecular complexity index is 1110. The Hall–Kier alpha value is -3.52. The molecule has 0 saturated heterocycles. The molecule has 1 aliphatic rings. The predicted octanol–water partition coefficient (Wildman–Crippen LogP) is 6.57. The summed E-state index contributed by atoms with van der Waals surface area (Å²) < 4.78 is 10.9. The second kappa shape index (κ2) is 7.96. The van der Waals surface area contributed by atoms with Crippen LogP contribution in [0.25, 0.3) is 0 Å². The molecule has 0 heterocycles. The third kappa shape index (κ3) is 3.19. The van der Waals surface area contributed by atoms with Crippen LogP contribution in [0.5, 0.6) is 11.5 Å². The highest BCUT2D eigenvalue weighted by atomic mass is 16.5. The van der Waals surface area contributed by atoms with Crippen molar-refractivity contribution >= 4 is 0 Å². The number of rotatable bonds is 5. The van der Waals surface area contributed by atoms with E-state index in [2.05, 4.69) is 103 Å². The topological polar surface area (TPSA) is 18.5 Å². The Kier molecular flexibility index (Phi) is 4.99. The molecule has 0 saturated carbocycles. The molecule has 0 bridgehead atoms. The first-order valence-electron chi connectivity index (χ1n) is 10.7. The summed E-state index contributed by atoms with van der Waals surface area (Å²) in [4.78, 5) is 0. The van der Waals surface area contributed by atoms with Crippen LogP contribution in [0.1, 0.15) is 40.2 Å². The molecule has 0 amide bonds. The normalized spacial score (nSPS) is 16.5. The van der Waals surface area contributed by atoms with E-state index in [0.29, 0.717) is 5.92 Å². The van der Waals surface area contributed by atoms with Gasteiger partial charge in [0.25, 0.3) is 0 Å². The van der Waals surface area contributed by atoms with Crippen molar-refractivity contribution in [1.29, 1.82) is 0 Å². The van der Waals surface area contributed by atoms with Crippen LogP contribution < -0.4 is 9.47 Å². The van der Waals surface area contributed by atoms with Gasteiger partial charge in [0.15, 0.2) is 0 Å². The molecule has 31 heavy (non-hydrogen) atoms. The average Bonchev–Trinajstić information content (AvgIpc) is 3.21. The third-order valence-corrected chi connectivity index (χ3v) is 6.67. The zero-order valence-electron chi connectivity index (χ0n) is 17.9. The zero-order chi connectivity index (χ0) is 21.3. The highest BCUT2D eigenvalue weighted by molar-refractivity contribution is 5.60. The van der Waals surface area contributed by atoms with E-state index in [1.54, 1.807) is 14.2 Å². The Morgan fingerprint density at radius 2 is 1.13 bits per heavy atom. The van der Waals surface area contributed by atoms with Crippen molar-refractivity contribution in [2.24, 2.45) is 0 Å². The lowest BCUT2D eigenvalue weighted by molar-refractivity contribution is 0.413. The number of hydrogen-bond acceptors (Lipinski definition) is 2. The Balaban J connectivity index is 1.75. The fourth-order valence-electron chi connectivity index (χ4n) is 5.16. The van der Waals surface area contributed by atoms with Crippen molar-refractivity contribution in [2.45, 2.75) is 17.8 Å². The first-order chi connectivity index (χ1) is 15.3. The van der Waals surface area contributed by atoms with Crippen LogP contribution in [0.2, 0.25) is 0 Å². The summed E-state index contributed by atoms with van der Waals surface area (Å²) in [5.41, 5.74) is 6.46. The molecule has 5 rings (SSSR count). The maximum atomic E-state index is 5.44. The van der Waals surface area contributed by atoms with Crippen LogP contribution in [-0.2, 0) is 5.41 Å². The molecule has 1 aliphatic carbocycles. The van der Waals surface area contributed by atoms with Crippen LogP contribution in [0.15, 0.2) is 103 Å². The summed E-state index contributed by atoms with van der Waals surface area (Å²) in [6, 6.07) is 36.9. The van der Waals surface area contributed by atoms with Gasteiger partial charge in [0, 0.05) is 11.3 Å². The van der Waals surface area contributed by atoms with Gasteiger partial charge in [0.1, 0.15) is 11.5 Å². The van der Waals surface area contributed by atoms with E-state index in [4.69, 9.17) is 9.47 Å². The van der Waals surface area contributed by atoms with Crippen LogP contribution in [0, 0.1) is 0 Å². The van der Waals surface area contributed by atoms with Crippen molar-refractivity contribution in [3.05, 3.63) is 131 Å². The van der Waals surface area contributed by atoms with Gasteiger partial charge in [-0.3, -0.25) is 0 Å². The lowest BCUT2D eigenvalue weighted by Gasteiger charge is -2.33. The van der Waals surface area contributed by atoms with Gasteiger partial charge in [-0.05, 0) is 58.5 Å². The molecule has 2 nitrogen and oxygen atoms in total. The highest BCUT2D eigenvalue weighted by Crippen LogP contribution is 2.55. The van der Waals surface area contributed by atoms with Crippen LogP contribution >= 0.6 is 0 Å². The lowest BCUT2D eigenvalue weighted by atomic mass is 9.69. The lowest BCUT2D eigenvalue weighted by Crippen LogP contribution is -2.26. The van der Waals surface area contributed by atoms with Crippen LogP contribution in [0.4, 0.5) is 0 Å². The van der Waals surface area contributed by atoms with Crippen LogP contribution in [-0.4, -0.2) is 14.2 Å². The zero-order valence-corrected chi connectivity index (χ0v) is 17.9. The van der Waals surface area contributed by atoms with Crippen molar-refractivity contribution in [1.82, 2.24) is 0 Å². The SMILES string of the molecule is COc1ccc(C2(c3ccc(OC)cc3)CC(c3ccccc3)c3ccccc32)cc1. The van der Waals surface area contributed by atoms with Gasteiger partial charge >= 0.3 is 0 Å². The smallest absolute Gasteiger partial charge is 0.118 e. The van der Waals surface area contributed by atoms with E-state index in [1.807, 2.05) is 0 Å². The minimum absolute atomic E-state index is 0.240. The number of fused-ring (bicyclic) bond motifs is 1. The van der Waals surface area contributed by atoms with Gasteiger partial charge in [0.05, 0.1) is 14.2 Å². The minimum atomic E-state index is -0.240. The van der Waals surface area contributed by atoms with Gasteiger partial charge in [-0.1, -0.05) is 78.9 Å². The molecule has 0 aliphatic heterocycles. The average molecular weight is 407 g/mol. The van der Waals surface area contributed by atoms with Gasteiger partial charge in [-0.25, -0.2) is 0 Å². The molecule has 1 atom stereocenters. The fourth-order valence-corrected chi connectivity index (χ4v) is 5.16. The number of benzene rings is 4. The highest BCUT2D eigenvalue weighted by Gasteiger charge is 2.46. The van der Waals surface area contributed by atoms with Crippen molar-refractivity contribution in [3.63, 3.8) is 0 Å². The number of ether oxygens (including phenoxy) is 2. The van der Waals surface area contributed by atoms with Gasteiger partial charge < -0.3 is 9.47 Å². The van der Waals surface area contributed by atoms with E-state index < -0.39 is 0 Å². The summed E-state index contributed by atoms with van der Waals surface area (Å²) in [6.07, 6.45) is 0.981. The second-order valence-electron chi connectivity index (χ2n) is 8.12. The van der Waals surface area contributed by atoms with E-state index >= 15 is 0 Å². The molecule has 0 fully saturated rings. The standard InChI is InChI=1S/C29H26O2/c1-30-24-16-12-22(13-17-24)29(23-14-18-25(31-2)19-15-23)20-27(21-8-4-3-5-9-21)26-10-6-7-11-28(26)29/h3-19,27H,20H2,1-2H3. The summed E-state index contributed by atoms with van der Waals surface area (Å²) >= 11 is 0. The molecule has 0 aromatic heterocycles. The largest absolute Gasteiger partial charge is 0.497 e. The van der Waals surface area contributed by atoms with Gasteiger partial charge in [0.2, 0.25) is 0 Å². The second-order valence-corrected chi connectivity index (χ2v) is 8.12. The maximum Gasteiger partial charge on any atom is 0.118 e. The molecule has 4 aromatic carbocycles. The Morgan fingerprint density at radius 1 is 0.613 bits per heavy atom. The monoisotopic (exact) mass is 406 g/mol. The molecule has 1 unspecified atom stereocenters. The number of methoxy groups -OCH3 is 2. The predicted molar refractivity (Wildman–Crippen MR) is 125 cm³/mol. The maximum absolute atomic E-state index is 5.44. The van der Waals surface area contributed by atoms with Crippen LogP contribution in [0.3, 0.4) is 0 Å². The van der Waals surface area contributed by atoms with E-state index in [0.717, 1.165) is 17.9 Å². The first-order valence-corrected chi connectivity index (χ1v) is 10.7. The Morgan fingerprint density at radius 3 is 1.68 bits per heavy atom. The molecular formula is C29H26O2. The molecule has 4 aromatic rings. The first kappa shape index (κ1) is 19.4. The number of hydrogen-bond donors (Lipinski definition) is 0. The van der Waals surface area contributed by atoms with E-state index in [1.165, 1.54) is 27.8 Å². The molecule has 0 spiro atoms. The molecule has 2 heteroatoms.